The summed E-state index contributed by atoms with van der Waals surface area (Å²) >= 11 is 1.67. The van der Waals surface area contributed by atoms with Crippen molar-refractivity contribution in [1.82, 2.24) is 9.88 Å². The number of carbonyl (C=O) groups excluding carboxylic acids is 2. The lowest BCUT2D eigenvalue weighted by Crippen LogP contribution is -2.46. The van der Waals surface area contributed by atoms with Crippen molar-refractivity contribution in [2.24, 2.45) is 5.41 Å². The van der Waals surface area contributed by atoms with Crippen LogP contribution in [-0.4, -0.2) is 47.5 Å². The molecule has 4 rings (SSSR count). The van der Waals surface area contributed by atoms with Gasteiger partial charge in [-0.1, -0.05) is 27.7 Å². The molecule has 0 bridgehead atoms. The van der Waals surface area contributed by atoms with E-state index >= 15 is 0 Å². The van der Waals surface area contributed by atoms with Gasteiger partial charge in [0.15, 0.2) is 5.78 Å². The van der Waals surface area contributed by atoms with Gasteiger partial charge < -0.3 is 20.8 Å². The minimum atomic E-state index is -0.100. The van der Waals surface area contributed by atoms with Gasteiger partial charge in [0.2, 0.25) is 0 Å². The molecule has 0 atom stereocenters. The quantitative estimate of drug-likeness (QED) is 0.463. The summed E-state index contributed by atoms with van der Waals surface area (Å²) in [7, 11) is 1.52. The fraction of sp³-hybridized carbons (Fsp3) is 0.538. The number of anilines is 1. The number of piperidine rings is 1. The van der Waals surface area contributed by atoms with Crippen LogP contribution in [0.25, 0.3) is 0 Å². The third kappa shape index (κ3) is 4.35. The molecule has 1 aromatic heterocycles. The van der Waals surface area contributed by atoms with Gasteiger partial charge >= 0.3 is 0 Å². The number of nitrogens with zero attached hydrogens (tertiary/aromatic N) is 2. The number of ether oxygens (including phenoxy) is 1. The number of amides is 1. The summed E-state index contributed by atoms with van der Waals surface area (Å²) in [6.07, 6.45) is 3.45. The van der Waals surface area contributed by atoms with Crippen LogP contribution in [0, 0.1) is 10.8 Å². The molecule has 8 heteroatoms. The second-order valence-electron chi connectivity index (χ2n) is 10.6. The predicted octanol–water partition coefficient (Wildman–Crippen LogP) is 5.11. The zero-order valence-electron chi connectivity index (χ0n) is 20.7. The largest absolute Gasteiger partial charge is 0.495 e. The minimum absolute atomic E-state index is 0. The molecule has 1 saturated heterocycles. The Labute approximate surface area is 206 Å². The van der Waals surface area contributed by atoms with Gasteiger partial charge in [-0.2, -0.15) is 0 Å². The zero-order valence-corrected chi connectivity index (χ0v) is 21.5. The van der Waals surface area contributed by atoms with Crippen molar-refractivity contribution in [2.45, 2.75) is 65.2 Å². The summed E-state index contributed by atoms with van der Waals surface area (Å²) in [5.74, 6) is 0.463. The monoisotopic (exact) mass is 484 g/mol. The van der Waals surface area contributed by atoms with Gasteiger partial charge in [-0.05, 0) is 43.2 Å². The van der Waals surface area contributed by atoms with Crippen molar-refractivity contribution < 1.29 is 15.8 Å². The van der Waals surface area contributed by atoms with Crippen LogP contribution >= 0.6 is 11.3 Å². The molecule has 0 unspecified atom stereocenters. The number of aromatic nitrogens is 1. The van der Waals surface area contributed by atoms with Crippen LogP contribution in [-0.2, 0) is 11.8 Å². The molecule has 34 heavy (non-hydrogen) atoms. The maximum Gasteiger partial charge on any atom is 0.254 e. The van der Waals surface area contributed by atoms with Crippen molar-refractivity contribution in [2.75, 3.05) is 25.9 Å². The number of benzene rings is 1. The Morgan fingerprint density at radius 2 is 1.97 bits per heavy atom. The van der Waals surface area contributed by atoms with E-state index in [0.29, 0.717) is 59.9 Å². The van der Waals surface area contributed by atoms with E-state index in [1.807, 2.05) is 11.8 Å². The molecule has 1 spiro atoms. The van der Waals surface area contributed by atoms with E-state index < -0.39 is 0 Å². The zero-order chi connectivity index (χ0) is 24.8. The second kappa shape index (κ2) is 8.80. The average Bonchev–Trinajstić information content (AvgIpc) is 3.24. The van der Waals surface area contributed by atoms with Crippen molar-refractivity contribution in [3.05, 3.63) is 38.8 Å². The summed E-state index contributed by atoms with van der Waals surface area (Å²) in [6.45, 7) is 9.46. The molecule has 1 aromatic carbocycles. The summed E-state index contributed by atoms with van der Waals surface area (Å²) in [4.78, 5) is 34.0. The van der Waals surface area contributed by atoms with Gasteiger partial charge in [0.05, 0.1) is 17.8 Å². The number of carbonyl (C=O) groups is 2. The van der Waals surface area contributed by atoms with E-state index in [9.17, 15) is 9.59 Å². The molecule has 3 N–H and O–H groups in total. The Balaban J connectivity index is 0.00000342. The Morgan fingerprint density at radius 1 is 1.29 bits per heavy atom. The minimum Gasteiger partial charge on any atom is -0.495 e. The summed E-state index contributed by atoms with van der Waals surface area (Å²) in [5, 5.41) is 9.24. The molecule has 2 aromatic rings. The first-order chi connectivity index (χ1) is 16.0. The average molecular weight is 485 g/mol. The van der Waals surface area contributed by atoms with Crippen LogP contribution in [0.1, 0.15) is 91.1 Å². The number of likely N-dealkylation sites (tertiary alicyclic amines) is 1. The molecule has 1 amide bonds. The number of Topliss-reactive ketones (excluding diaryl/α,β-unsaturated/α-hetero) is 1. The molecule has 184 valence electrons. The third-order valence-corrected chi connectivity index (χ3v) is 8.55. The van der Waals surface area contributed by atoms with Crippen LogP contribution in [0.2, 0.25) is 0 Å². The number of methoxy groups -OCH3 is 1. The van der Waals surface area contributed by atoms with Crippen LogP contribution in [0.15, 0.2) is 12.1 Å². The topological polar surface area (TPSA) is 109 Å². The van der Waals surface area contributed by atoms with E-state index in [1.54, 1.807) is 23.5 Å². The van der Waals surface area contributed by atoms with E-state index in [-0.39, 0.29) is 23.9 Å². The Bertz CT molecular complexity index is 1160. The maximum atomic E-state index is 13.4. The molecule has 2 aliphatic rings. The third-order valence-electron chi connectivity index (χ3n) is 7.07. The van der Waals surface area contributed by atoms with Gasteiger partial charge in [-0.25, -0.2) is 4.98 Å². The highest BCUT2D eigenvalue weighted by molar-refractivity contribution is 7.12. The van der Waals surface area contributed by atoms with Crippen molar-refractivity contribution in [3.8, 4) is 5.75 Å². The maximum absolute atomic E-state index is 13.4. The summed E-state index contributed by atoms with van der Waals surface area (Å²) < 4.78 is 5.38. The van der Waals surface area contributed by atoms with Crippen LogP contribution in [0.5, 0.6) is 5.75 Å². The molecular weight excluding hydrogens is 448 g/mol. The molecule has 0 saturated carbocycles. The number of nitrogens with two attached hydrogens (primary N) is 1. The first-order valence-corrected chi connectivity index (χ1v) is 12.7. The van der Waals surface area contributed by atoms with Crippen LogP contribution in [0.4, 0.5) is 5.69 Å². The number of hydrogen-bond acceptors (Lipinski definition) is 7. The number of fused-ring (bicyclic) bond motifs is 1. The highest BCUT2D eigenvalue weighted by Gasteiger charge is 2.44. The van der Waals surface area contributed by atoms with E-state index in [2.05, 4.69) is 25.8 Å². The van der Waals surface area contributed by atoms with E-state index in [0.717, 1.165) is 29.1 Å². The molecule has 2 heterocycles. The molecule has 0 radical (unpaired) electrons. The lowest BCUT2D eigenvalue weighted by molar-refractivity contribution is 0.0521. The van der Waals surface area contributed by atoms with Gasteiger partial charge in [-0.15, -0.1) is 11.3 Å². The highest BCUT2D eigenvalue weighted by Crippen LogP contribution is 2.46. The van der Waals surface area contributed by atoms with Crippen LogP contribution < -0.4 is 10.5 Å². The van der Waals surface area contributed by atoms with Gasteiger partial charge in [0.1, 0.15) is 11.4 Å². The summed E-state index contributed by atoms with van der Waals surface area (Å²) in [5.41, 5.74) is 8.45. The van der Waals surface area contributed by atoms with E-state index in [4.69, 9.17) is 15.9 Å². The van der Waals surface area contributed by atoms with Crippen molar-refractivity contribution in [3.63, 3.8) is 0 Å². The van der Waals surface area contributed by atoms with Crippen molar-refractivity contribution >= 4 is 34.4 Å². The predicted molar refractivity (Wildman–Crippen MR) is 138 cm³/mol. The molecule has 1 aliphatic heterocycles. The molecular formula is C26H36N4O3S. The number of rotatable bonds is 4. The smallest absolute Gasteiger partial charge is 0.254 e. The first kappa shape index (κ1) is 24.4. The fourth-order valence-electron chi connectivity index (χ4n) is 4.92. The molecule has 1 aliphatic carbocycles. The molecule has 1 fully saturated rings. The van der Waals surface area contributed by atoms with E-state index in [1.165, 1.54) is 7.11 Å². The highest BCUT2D eigenvalue weighted by atomic mass is 32.1. The Kier molecular flexibility index (Phi) is 6.31. The first-order valence-electron chi connectivity index (χ1n) is 11.9. The fourth-order valence-corrected chi connectivity index (χ4v) is 6.23. The van der Waals surface area contributed by atoms with Gasteiger partial charge in [0.25, 0.3) is 5.91 Å². The normalized spacial score (nSPS) is 17.6. The lowest BCUT2D eigenvalue weighted by atomic mass is 9.68. The SMILES string of the molecule is CCC(=N)c1cc(C(=O)N2CCC3(CC2)CC(=O)c2nc(C(C)(C)C)sc2C3)cc(OC)c1N.[HH]. The molecule has 7 nitrogen and oxygen atoms in total. The summed E-state index contributed by atoms with van der Waals surface area (Å²) in [6, 6.07) is 3.37. The Morgan fingerprint density at radius 3 is 2.56 bits per heavy atom. The number of hydrogen-bond donors (Lipinski definition) is 2. The number of nitrogens with one attached hydrogen (secondary N) is 1. The number of nitrogen functional groups attached to an aromatic ring is 1. The standard InChI is InChI=1S/C26H34N4O3S.H2/c1-6-17(27)16-11-15(12-19(33-5)21(16)28)23(32)30-9-7-26(8-10-30)13-18(31)22-20(14-26)34-24(29-22)25(2,3)4;/h11-12,27H,6-10,13-14,28H2,1-5H3;1H. The van der Waals surface area contributed by atoms with Gasteiger partial charge in [0, 0.05) is 48.1 Å². The van der Waals surface area contributed by atoms with Crippen LogP contribution in [0.3, 0.4) is 0 Å². The Hall–Kier alpha value is -2.74. The number of ketones is 1. The number of thiazole rings is 1. The lowest BCUT2D eigenvalue weighted by Gasteiger charge is -2.43. The second-order valence-corrected chi connectivity index (χ2v) is 11.7. The van der Waals surface area contributed by atoms with Crippen molar-refractivity contribution in [1.29, 1.82) is 5.41 Å². The van der Waals surface area contributed by atoms with Gasteiger partial charge in [-0.3, -0.25) is 9.59 Å².